The lowest BCUT2D eigenvalue weighted by Gasteiger charge is -2.38. The molecule has 0 saturated carbocycles. The smallest absolute Gasteiger partial charge is 0.290 e. The highest BCUT2D eigenvalue weighted by molar-refractivity contribution is 5.83. The van der Waals surface area contributed by atoms with Crippen LogP contribution in [0.5, 0.6) is 0 Å². The van der Waals surface area contributed by atoms with Crippen LogP contribution in [0.15, 0.2) is 70.5 Å². The summed E-state index contributed by atoms with van der Waals surface area (Å²) in [6.07, 6.45) is 3.60. The summed E-state index contributed by atoms with van der Waals surface area (Å²) >= 11 is 0. The molecule has 6 rings (SSSR count). The van der Waals surface area contributed by atoms with Gasteiger partial charge in [0.1, 0.15) is 17.3 Å². The fraction of sp³-hybridized carbons (Fsp3) is 0.324. The molecule has 0 aliphatic carbocycles. The molecule has 1 saturated heterocycles. The Balaban J connectivity index is 1.31. The molecule has 0 amide bonds. The van der Waals surface area contributed by atoms with Crippen LogP contribution in [-0.4, -0.2) is 55.7 Å². The molecule has 2 aromatic carbocycles. The summed E-state index contributed by atoms with van der Waals surface area (Å²) in [6.45, 7) is 10.4. The number of benzene rings is 2. The van der Waals surface area contributed by atoms with Gasteiger partial charge in [0, 0.05) is 50.9 Å². The van der Waals surface area contributed by atoms with Crippen LogP contribution in [0.2, 0.25) is 0 Å². The molecule has 0 bridgehead atoms. The van der Waals surface area contributed by atoms with Gasteiger partial charge in [0.25, 0.3) is 11.1 Å². The van der Waals surface area contributed by atoms with Crippen molar-refractivity contribution in [2.24, 2.45) is 7.05 Å². The number of fused-ring (bicyclic) bond motifs is 1. The quantitative estimate of drug-likeness (QED) is 0.279. The van der Waals surface area contributed by atoms with Crippen LogP contribution in [0.1, 0.15) is 37.5 Å². The zero-order valence-corrected chi connectivity index (χ0v) is 26.3. The van der Waals surface area contributed by atoms with Gasteiger partial charge in [-0.3, -0.25) is 14.5 Å². The number of aryl methyl sites for hydroxylation is 1. The van der Waals surface area contributed by atoms with Gasteiger partial charge in [0.15, 0.2) is 0 Å². The summed E-state index contributed by atoms with van der Waals surface area (Å²) in [5.74, 6) is -0.0508. The first-order valence-corrected chi connectivity index (χ1v) is 14.8. The van der Waals surface area contributed by atoms with Crippen LogP contribution in [0, 0.1) is 12.7 Å². The van der Waals surface area contributed by atoms with Gasteiger partial charge in [-0.1, -0.05) is 39.0 Å². The van der Waals surface area contributed by atoms with Gasteiger partial charge >= 0.3 is 0 Å². The second-order valence-corrected chi connectivity index (χ2v) is 12.6. The minimum Gasteiger partial charge on any atom is -0.379 e. The van der Waals surface area contributed by atoms with Crippen molar-refractivity contribution < 1.29 is 9.13 Å². The largest absolute Gasteiger partial charge is 0.379 e. The number of nitrogens with zero attached hydrogens (tertiary/aromatic N) is 6. The summed E-state index contributed by atoms with van der Waals surface area (Å²) in [5, 5.41) is 12.5. The van der Waals surface area contributed by atoms with E-state index >= 15 is 4.39 Å². The summed E-state index contributed by atoms with van der Waals surface area (Å²) in [5.41, 5.74) is 3.38. The molecule has 0 spiro atoms. The number of nitrogens with one attached hydrogen (secondary N) is 1. The Kier molecular flexibility index (Phi) is 7.84. The van der Waals surface area contributed by atoms with Crippen molar-refractivity contribution in [2.75, 3.05) is 25.5 Å². The van der Waals surface area contributed by atoms with Crippen molar-refractivity contribution in [3.63, 3.8) is 0 Å². The lowest BCUT2D eigenvalue weighted by molar-refractivity contribution is -0.0334. The SMILES string of the molecule is COC1CN(Cc2ccc(Nc3cc(-c4cccc(-n5ncc6cc(C(C)(C)C)cc(F)c6c5=O)c4C)nn(C)c3=O)nc2)C1. The molecule has 11 heteroatoms. The maximum Gasteiger partial charge on any atom is 0.290 e. The molecule has 1 aliphatic heterocycles. The van der Waals surface area contributed by atoms with E-state index in [1.54, 1.807) is 38.6 Å². The number of anilines is 2. The molecule has 1 aliphatic rings. The van der Waals surface area contributed by atoms with Gasteiger partial charge in [-0.25, -0.2) is 14.1 Å². The predicted octanol–water partition coefficient (Wildman–Crippen LogP) is 4.86. The molecular formula is C34H36FN7O3. The molecule has 5 aromatic rings. The first-order chi connectivity index (χ1) is 21.4. The predicted molar refractivity (Wildman–Crippen MR) is 173 cm³/mol. The van der Waals surface area contributed by atoms with Gasteiger partial charge in [0.05, 0.1) is 29.1 Å². The maximum absolute atomic E-state index is 15.3. The molecule has 0 radical (unpaired) electrons. The molecule has 45 heavy (non-hydrogen) atoms. The third kappa shape index (κ3) is 5.88. The lowest BCUT2D eigenvalue weighted by atomic mass is 9.86. The molecule has 0 unspecified atom stereocenters. The fourth-order valence-corrected chi connectivity index (χ4v) is 5.59. The van der Waals surface area contributed by atoms with Gasteiger partial charge in [-0.2, -0.15) is 14.9 Å². The molecule has 1 N–H and O–H groups in total. The summed E-state index contributed by atoms with van der Waals surface area (Å²) < 4.78 is 23.1. The Labute approximate surface area is 260 Å². The molecular weight excluding hydrogens is 573 g/mol. The number of aromatic nitrogens is 5. The Morgan fingerprint density at radius 2 is 1.82 bits per heavy atom. The number of rotatable bonds is 7. The van der Waals surface area contributed by atoms with Crippen molar-refractivity contribution >= 4 is 22.3 Å². The van der Waals surface area contributed by atoms with E-state index in [2.05, 4.69) is 25.4 Å². The number of likely N-dealkylation sites (tertiary alicyclic amines) is 1. The van der Waals surface area contributed by atoms with Gasteiger partial charge in [-0.05, 0) is 59.4 Å². The first-order valence-electron chi connectivity index (χ1n) is 14.8. The third-order valence-corrected chi connectivity index (χ3v) is 8.33. The molecule has 1 fully saturated rings. The minimum absolute atomic E-state index is 0.0166. The molecule has 232 valence electrons. The van der Waals surface area contributed by atoms with E-state index in [0.717, 1.165) is 30.8 Å². The van der Waals surface area contributed by atoms with E-state index in [1.807, 2.05) is 52.0 Å². The highest BCUT2D eigenvalue weighted by atomic mass is 19.1. The van der Waals surface area contributed by atoms with Gasteiger partial charge in [-0.15, -0.1) is 0 Å². The van der Waals surface area contributed by atoms with Crippen LogP contribution in [0.25, 0.3) is 27.7 Å². The van der Waals surface area contributed by atoms with E-state index in [-0.39, 0.29) is 22.5 Å². The zero-order chi connectivity index (χ0) is 32.0. The van der Waals surface area contributed by atoms with E-state index in [0.29, 0.717) is 39.4 Å². The van der Waals surface area contributed by atoms with E-state index in [9.17, 15) is 9.59 Å². The normalized spacial score (nSPS) is 14.1. The van der Waals surface area contributed by atoms with Crippen LogP contribution < -0.4 is 16.4 Å². The molecule has 3 aromatic heterocycles. The Morgan fingerprint density at radius 1 is 1.04 bits per heavy atom. The van der Waals surface area contributed by atoms with E-state index in [1.165, 1.54) is 21.6 Å². The van der Waals surface area contributed by atoms with Crippen molar-refractivity contribution in [1.82, 2.24) is 29.4 Å². The Morgan fingerprint density at radius 3 is 2.51 bits per heavy atom. The monoisotopic (exact) mass is 609 g/mol. The number of halogens is 1. The second-order valence-electron chi connectivity index (χ2n) is 12.6. The summed E-state index contributed by atoms with van der Waals surface area (Å²) in [7, 11) is 3.31. The van der Waals surface area contributed by atoms with Crippen LogP contribution in [0.4, 0.5) is 15.9 Å². The van der Waals surface area contributed by atoms with Crippen molar-refractivity contribution in [3.8, 4) is 16.9 Å². The standard InChI is InChI=1S/C34H36FN7O3/c1-20-25(8-7-9-29(20)42-33(44)31-22(16-37-42)12-23(13-26(31)35)34(2,3)4)27-14-28(32(43)40(5)39-27)38-30-11-10-21(15-36-30)17-41-18-24(19-41)45-6/h7-16,24H,17-19H2,1-6H3,(H,36,38). The Bertz CT molecular complexity index is 2020. The maximum atomic E-state index is 15.3. The second kappa shape index (κ2) is 11.6. The average molecular weight is 610 g/mol. The van der Waals surface area contributed by atoms with Crippen molar-refractivity contribution in [3.05, 3.63) is 104 Å². The fourth-order valence-electron chi connectivity index (χ4n) is 5.59. The highest BCUT2D eigenvalue weighted by Gasteiger charge is 2.26. The van der Waals surface area contributed by atoms with Gasteiger partial charge < -0.3 is 10.1 Å². The first kappa shape index (κ1) is 30.3. The molecule has 0 atom stereocenters. The van der Waals surface area contributed by atoms with Crippen molar-refractivity contribution in [2.45, 2.75) is 45.8 Å². The number of ether oxygens (including phenoxy) is 1. The number of hydrogen-bond acceptors (Lipinski definition) is 8. The Hall–Kier alpha value is -4.74. The number of methoxy groups -OCH3 is 1. The summed E-state index contributed by atoms with van der Waals surface area (Å²) in [4.78, 5) is 33.4. The number of pyridine rings is 1. The molecule has 4 heterocycles. The average Bonchev–Trinajstić information content (AvgIpc) is 2.97. The zero-order valence-electron chi connectivity index (χ0n) is 26.3. The van der Waals surface area contributed by atoms with E-state index < -0.39 is 11.4 Å². The third-order valence-electron chi connectivity index (χ3n) is 8.33. The highest BCUT2D eigenvalue weighted by Crippen LogP contribution is 2.29. The van der Waals surface area contributed by atoms with Crippen LogP contribution in [-0.2, 0) is 23.7 Å². The van der Waals surface area contributed by atoms with Crippen LogP contribution in [0.3, 0.4) is 0 Å². The van der Waals surface area contributed by atoms with Gasteiger partial charge in [0.2, 0.25) is 0 Å². The minimum atomic E-state index is -0.579. The van der Waals surface area contributed by atoms with Crippen molar-refractivity contribution in [1.29, 1.82) is 0 Å². The van der Waals surface area contributed by atoms with E-state index in [4.69, 9.17) is 4.74 Å². The van der Waals surface area contributed by atoms with Crippen LogP contribution >= 0.6 is 0 Å². The molecule has 10 nitrogen and oxygen atoms in total. The lowest BCUT2D eigenvalue weighted by Crippen LogP contribution is -2.50. The topological polar surface area (TPSA) is 107 Å². The number of hydrogen-bond donors (Lipinski definition) is 1. The summed E-state index contributed by atoms with van der Waals surface area (Å²) in [6, 6.07) is 14.1.